The fraction of sp³-hybridized carbons (Fsp3) is 0.254. The Bertz CT molecular complexity index is 3800. The predicted octanol–water partition coefficient (Wildman–Crippen LogP) is 17.1. The first-order chi connectivity index (χ1) is 33.9. The molecule has 0 radical (unpaired) electrons. The van der Waals surface area contributed by atoms with Crippen molar-refractivity contribution in [3.63, 3.8) is 0 Å². The van der Waals surface area contributed by atoms with Crippen molar-refractivity contribution in [3.05, 3.63) is 192 Å². The second-order valence-corrected chi connectivity index (χ2v) is 24.6. The molecule has 3 nitrogen and oxygen atoms in total. The highest BCUT2D eigenvalue weighted by atomic mass is 15.1. The molecule has 0 saturated carbocycles. The first-order valence-electron chi connectivity index (χ1n) is 26.0. The lowest BCUT2D eigenvalue weighted by molar-refractivity contribution is 0.332. The molecule has 9 aromatic carbocycles. The summed E-state index contributed by atoms with van der Waals surface area (Å²) in [7, 11) is 0. The molecule has 0 N–H and O–H groups in total. The summed E-state index contributed by atoms with van der Waals surface area (Å²) in [5.41, 5.74) is 22.2. The number of benzene rings is 9. The normalized spacial score (nSPS) is 15.6. The molecule has 1 aromatic heterocycles. The van der Waals surface area contributed by atoms with Gasteiger partial charge in [0.05, 0.1) is 16.7 Å². The first kappa shape index (κ1) is 43.9. The van der Waals surface area contributed by atoms with Crippen LogP contribution in [-0.4, -0.2) is 11.4 Å². The van der Waals surface area contributed by atoms with Gasteiger partial charge < -0.3 is 14.3 Å². The second-order valence-electron chi connectivity index (χ2n) is 24.6. The standard InChI is InChI=1S/C67H64BN3/c1-41-35-55-56(67(10,11)34-33-66(55,8)9)40-59(41)71-58-32-31-49(69(47-27-23-45(24-28-47)64(2,3)4)48-29-25-46(26-30-48)65(5,6)7)39-53(58)54-37-44-19-14-15-20-50(44)63-61(54)68(71)57-22-16-21-51-52-36-42-17-12-13-18-43(42)38-60(52)70(63)62(51)57/h12-32,35-40H,33-34H2,1-11H3. The molecule has 2 aliphatic heterocycles. The highest BCUT2D eigenvalue weighted by Gasteiger charge is 2.46. The van der Waals surface area contributed by atoms with Gasteiger partial charge in [-0.1, -0.05) is 166 Å². The third-order valence-electron chi connectivity index (χ3n) is 17.0. The molecule has 0 atom stereocenters. The Morgan fingerprint density at radius 1 is 0.493 bits per heavy atom. The van der Waals surface area contributed by atoms with E-state index in [1.165, 1.54) is 117 Å². The zero-order valence-electron chi connectivity index (χ0n) is 43.4. The van der Waals surface area contributed by atoms with Crippen molar-refractivity contribution in [1.82, 2.24) is 4.57 Å². The van der Waals surface area contributed by atoms with Gasteiger partial charge in [0.25, 0.3) is 0 Å². The smallest absolute Gasteiger partial charge is 0.333 e. The molecule has 0 fully saturated rings. The van der Waals surface area contributed by atoms with E-state index in [0.717, 1.165) is 23.5 Å². The fourth-order valence-electron chi connectivity index (χ4n) is 12.9. The summed E-state index contributed by atoms with van der Waals surface area (Å²) < 4.78 is 2.66. The summed E-state index contributed by atoms with van der Waals surface area (Å²) >= 11 is 0. The van der Waals surface area contributed by atoms with Crippen LogP contribution < -0.4 is 20.6 Å². The Balaban J connectivity index is 1.14. The molecule has 0 spiro atoms. The molecule has 71 heavy (non-hydrogen) atoms. The van der Waals surface area contributed by atoms with Crippen LogP contribution >= 0.6 is 0 Å². The van der Waals surface area contributed by atoms with Gasteiger partial charge in [-0.3, -0.25) is 0 Å². The van der Waals surface area contributed by atoms with Gasteiger partial charge >= 0.3 is 6.85 Å². The van der Waals surface area contributed by atoms with E-state index in [9.17, 15) is 0 Å². The van der Waals surface area contributed by atoms with Gasteiger partial charge in [-0.15, -0.1) is 0 Å². The zero-order chi connectivity index (χ0) is 49.1. The van der Waals surface area contributed by atoms with Crippen LogP contribution in [-0.2, 0) is 21.7 Å². The third kappa shape index (κ3) is 6.55. The summed E-state index contributed by atoms with van der Waals surface area (Å²) in [6, 6.07) is 63.6. The molecule has 350 valence electrons. The van der Waals surface area contributed by atoms with Gasteiger partial charge in [0.1, 0.15) is 0 Å². The van der Waals surface area contributed by atoms with Crippen LogP contribution in [0.25, 0.3) is 60.2 Å². The molecule has 3 aliphatic rings. The molecule has 13 rings (SSSR count). The summed E-state index contributed by atoms with van der Waals surface area (Å²) in [4.78, 5) is 5.24. The van der Waals surface area contributed by atoms with Crippen LogP contribution in [0.3, 0.4) is 0 Å². The maximum absolute atomic E-state index is 2.76. The Hall–Kier alpha value is -7.04. The van der Waals surface area contributed by atoms with Crippen molar-refractivity contribution in [2.75, 3.05) is 9.71 Å². The average Bonchev–Trinajstić information content (AvgIpc) is 3.66. The Morgan fingerprint density at radius 3 is 1.69 bits per heavy atom. The number of hydrogen-bond donors (Lipinski definition) is 0. The highest BCUT2D eigenvalue weighted by Crippen LogP contribution is 2.53. The lowest BCUT2D eigenvalue weighted by atomic mass is 9.43. The van der Waals surface area contributed by atoms with Gasteiger partial charge in [-0.25, -0.2) is 0 Å². The Morgan fingerprint density at radius 2 is 1.06 bits per heavy atom. The molecular formula is C67H64BN3. The van der Waals surface area contributed by atoms with E-state index in [1.807, 2.05) is 0 Å². The average molecular weight is 922 g/mol. The lowest BCUT2D eigenvalue weighted by Gasteiger charge is -2.46. The summed E-state index contributed by atoms with van der Waals surface area (Å²) in [5.74, 6) is 0. The number of aromatic nitrogens is 1. The Kier molecular flexibility index (Phi) is 9.28. The van der Waals surface area contributed by atoms with Gasteiger partial charge in [0.2, 0.25) is 0 Å². The SMILES string of the molecule is Cc1cc2c(cc1N1B3c4c(cc5ccccc5c4-n4c5cc6ccccc6cc5c5cccc3c54)-c3cc(N(c4ccc(C(C)(C)C)cc4)c4ccc(C(C)(C)C)cc4)ccc31)C(C)(C)CCC2(C)C. The van der Waals surface area contributed by atoms with E-state index in [-0.39, 0.29) is 28.5 Å². The third-order valence-corrected chi connectivity index (χ3v) is 17.0. The quantitative estimate of drug-likeness (QED) is 0.163. The Labute approximate surface area is 420 Å². The summed E-state index contributed by atoms with van der Waals surface area (Å²) in [6.07, 6.45) is 2.35. The maximum atomic E-state index is 2.76. The van der Waals surface area contributed by atoms with Crippen LogP contribution in [0.1, 0.15) is 110 Å². The van der Waals surface area contributed by atoms with Crippen LogP contribution in [0, 0.1) is 6.92 Å². The molecule has 3 heterocycles. The molecule has 10 aromatic rings. The van der Waals surface area contributed by atoms with Crippen LogP contribution in [0.15, 0.2) is 164 Å². The van der Waals surface area contributed by atoms with Gasteiger partial charge in [0, 0.05) is 50.2 Å². The number of anilines is 5. The summed E-state index contributed by atoms with van der Waals surface area (Å²) in [6.45, 7) is 25.9. The van der Waals surface area contributed by atoms with Crippen molar-refractivity contribution in [3.8, 4) is 16.8 Å². The van der Waals surface area contributed by atoms with Gasteiger partial charge in [-0.05, 0) is 169 Å². The molecule has 0 bridgehead atoms. The minimum absolute atomic E-state index is 0.0425. The van der Waals surface area contributed by atoms with Crippen molar-refractivity contribution < 1.29 is 0 Å². The molecule has 0 unspecified atom stereocenters. The van der Waals surface area contributed by atoms with E-state index in [0.29, 0.717) is 0 Å². The molecule has 0 saturated heterocycles. The molecule has 1 aliphatic carbocycles. The zero-order valence-corrected chi connectivity index (χ0v) is 43.4. The van der Waals surface area contributed by atoms with E-state index in [1.54, 1.807) is 0 Å². The first-order valence-corrected chi connectivity index (χ1v) is 26.0. The van der Waals surface area contributed by atoms with Crippen molar-refractivity contribution in [2.45, 2.75) is 111 Å². The number of hydrogen-bond acceptors (Lipinski definition) is 2. The predicted molar refractivity (Wildman–Crippen MR) is 307 cm³/mol. The van der Waals surface area contributed by atoms with Crippen molar-refractivity contribution in [2.24, 2.45) is 0 Å². The number of para-hydroxylation sites is 1. The van der Waals surface area contributed by atoms with E-state index in [2.05, 4.69) is 254 Å². The number of aryl methyl sites for hydroxylation is 1. The van der Waals surface area contributed by atoms with Crippen molar-refractivity contribution in [1.29, 1.82) is 0 Å². The number of rotatable bonds is 4. The highest BCUT2D eigenvalue weighted by molar-refractivity contribution is 6.94. The van der Waals surface area contributed by atoms with E-state index < -0.39 is 0 Å². The maximum Gasteiger partial charge on any atom is 0.333 e. The monoisotopic (exact) mass is 922 g/mol. The summed E-state index contributed by atoms with van der Waals surface area (Å²) in [5, 5.41) is 7.66. The topological polar surface area (TPSA) is 11.4 Å². The van der Waals surface area contributed by atoms with E-state index in [4.69, 9.17) is 0 Å². The largest absolute Gasteiger partial charge is 0.376 e. The van der Waals surface area contributed by atoms with Crippen LogP contribution in [0.5, 0.6) is 0 Å². The van der Waals surface area contributed by atoms with Gasteiger partial charge in [-0.2, -0.15) is 0 Å². The van der Waals surface area contributed by atoms with Crippen LogP contribution in [0.2, 0.25) is 0 Å². The molecule has 4 heteroatoms. The minimum Gasteiger partial charge on any atom is -0.376 e. The minimum atomic E-state index is -0.0830. The van der Waals surface area contributed by atoms with E-state index >= 15 is 0 Å². The van der Waals surface area contributed by atoms with Gasteiger partial charge in [0.15, 0.2) is 0 Å². The lowest BCUT2D eigenvalue weighted by Crippen LogP contribution is -2.60. The number of nitrogens with zero attached hydrogens (tertiary/aromatic N) is 3. The van der Waals surface area contributed by atoms with Crippen molar-refractivity contribution >= 4 is 89.6 Å². The molecular weight excluding hydrogens is 858 g/mol. The number of fused-ring (bicyclic) bond motifs is 11. The molecule has 0 amide bonds. The fourth-order valence-corrected chi connectivity index (χ4v) is 12.9. The van der Waals surface area contributed by atoms with Crippen LogP contribution in [0.4, 0.5) is 28.4 Å². The second kappa shape index (κ2) is 15.0.